The first-order valence-corrected chi connectivity index (χ1v) is 9.69. The molecule has 0 amide bonds. The Kier molecular flexibility index (Phi) is 3.71. The molecule has 26 heavy (non-hydrogen) atoms. The molecule has 0 aliphatic carbocycles. The average molecular weight is 349 g/mol. The Morgan fingerprint density at radius 2 is 1.96 bits per heavy atom. The van der Waals surface area contributed by atoms with Crippen LogP contribution in [-0.4, -0.2) is 41.1 Å². The molecule has 1 fully saturated rings. The van der Waals surface area contributed by atoms with E-state index in [0.29, 0.717) is 0 Å². The second-order valence-electron chi connectivity index (χ2n) is 7.52. The third-order valence-corrected chi connectivity index (χ3v) is 6.10. The molecule has 134 valence electrons. The van der Waals surface area contributed by atoms with Crippen molar-refractivity contribution in [1.29, 1.82) is 0 Å². The number of piperidine rings is 1. The molecule has 1 saturated heterocycles. The first-order valence-electron chi connectivity index (χ1n) is 9.69. The number of nitrogens with zero attached hydrogens (tertiary/aromatic N) is 3. The van der Waals surface area contributed by atoms with E-state index in [-0.39, 0.29) is 11.8 Å². The maximum Gasteiger partial charge on any atom is 0.208 e. The van der Waals surface area contributed by atoms with Crippen molar-refractivity contribution in [1.82, 2.24) is 9.99 Å². The van der Waals surface area contributed by atoms with Crippen LogP contribution in [0.3, 0.4) is 0 Å². The van der Waals surface area contributed by atoms with Gasteiger partial charge in [-0.25, -0.2) is 5.01 Å². The molecule has 0 radical (unpaired) electrons. The number of benzene rings is 1. The molecule has 1 atom stereocenters. The van der Waals surface area contributed by atoms with Crippen LogP contribution in [0.4, 0.5) is 0 Å². The summed E-state index contributed by atoms with van der Waals surface area (Å²) in [7, 11) is 0. The van der Waals surface area contributed by atoms with E-state index in [4.69, 9.17) is 9.84 Å². The predicted molar refractivity (Wildman–Crippen MR) is 100 cm³/mol. The van der Waals surface area contributed by atoms with E-state index in [0.717, 1.165) is 49.5 Å². The Labute approximate surface area is 154 Å². The summed E-state index contributed by atoms with van der Waals surface area (Å²) in [5, 5.41) is 7.33. The number of aromatic nitrogens is 1. The molecule has 5 rings (SSSR count). The number of fused-ring (bicyclic) bond motifs is 4. The lowest BCUT2D eigenvalue weighted by Gasteiger charge is -2.50. The van der Waals surface area contributed by atoms with Crippen LogP contribution in [0, 0.1) is 0 Å². The molecule has 3 aliphatic rings. The number of rotatable bonds is 2. The zero-order valence-electron chi connectivity index (χ0n) is 15.2. The van der Waals surface area contributed by atoms with Gasteiger partial charge in [0.25, 0.3) is 0 Å². The number of likely N-dealkylation sites (tertiary alicyclic amines) is 1. The van der Waals surface area contributed by atoms with Crippen LogP contribution < -0.4 is 9.64 Å². The first kappa shape index (κ1) is 15.8. The van der Waals surface area contributed by atoms with Crippen LogP contribution in [-0.2, 0) is 0 Å². The Morgan fingerprint density at radius 1 is 1.15 bits per heavy atom. The highest BCUT2D eigenvalue weighted by Gasteiger charge is 2.52. The molecule has 0 unspecified atom stereocenters. The lowest BCUT2D eigenvalue weighted by molar-refractivity contribution is -0.906. The van der Waals surface area contributed by atoms with Crippen molar-refractivity contribution >= 4 is 5.71 Å². The topological polar surface area (TPSA) is 42.2 Å². The van der Waals surface area contributed by atoms with Gasteiger partial charge in [0.2, 0.25) is 5.72 Å². The van der Waals surface area contributed by atoms with E-state index >= 15 is 0 Å². The number of hydrazone groups is 1. The largest absolute Gasteiger partial charge is 0.466 e. The smallest absolute Gasteiger partial charge is 0.208 e. The third kappa shape index (κ3) is 2.42. The van der Waals surface area contributed by atoms with Gasteiger partial charge in [0.1, 0.15) is 5.75 Å². The van der Waals surface area contributed by atoms with Crippen molar-refractivity contribution in [3.63, 3.8) is 0 Å². The lowest BCUT2D eigenvalue weighted by Crippen LogP contribution is -3.13. The zero-order chi connectivity index (χ0) is 17.6. The number of hydrogen-bond donors (Lipinski definition) is 1. The molecule has 0 bridgehead atoms. The number of quaternary nitrogens is 1. The van der Waals surface area contributed by atoms with Crippen molar-refractivity contribution in [2.24, 2.45) is 5.10 Å². The zero-order valence-corrected chi connectivity index (χ0v) is 15.2. The second kappa shape index (κ2) is 6.09. The standard InChI is InChI=1S/C21H24N4O/c1-2-24-13-10-21(11-14-24)25-19(16-7-3-4-9-20(16)26-21)15-18(23-25)17-8-5-6-12-22-17/h3-9,12,19H,2,10-11,13-15H2,1H3/p+1/t19-/m1/s1. The molecule has 0 saturated carbocycles. The van der Waals surface area contributed by atoms with Crippen LogP contribution in [0.15, 0.2) is 53.8 Å². The Morgan fingerprint density at radius 3 is 2.73 bits per heavy atom. The number of ether oxygens (including phenoxy) is 1. The van der Waals surface area contributed by atoms with Gasteiger partial charge in [-0.15, -0.1) is 0 Å². The van der Waals surface area contributed by atoms with E-state index in [1.165, 1.54) is 12.1 Å². The highest BCUT2D eigenvalue weighted by Crippen LogP contribution is 2.48. The molecule has 4 heterocycles. The van der Waals surface area contributed by atoms with Gasteiger partial charge in [0.05, 0.1) is 49.9 Å². The van der Waals surface area contributed by atoms with Crippen molar-refractivity contribution < 1.29 is 9.64 Å². The SMILES string of the molecule is CC[NH+]1CCC2(CC1)Oc1ccccc1[C@H]1CC(c3ccccn3)=NN12. The maximum absolute atomic E-state index is 6.64. The minimum Gasteiger partial charge on any atom is -0.466 e. The molecule has 1 N–H and O–H groups in total. The number of para-hydroxylation sites is 1. The van der Waals surface area contributed by atoms with Gasteiger partial charge in [0.15, 0.2) is 0 Å². The molecule has 2 aromatic rings. The Balaban J connectivity index is 1.55. The number of nitrogens with one attached hydrogen (secondary N) is 1. The molecule has 1 spiro atoms. The summed E-state index contributed by atoms with van der Waals surface area (Å²) in [6.07, 6.45) is 4.77. The Bertz CT molecular complexity index is 827. The fourth-order valence-electron chi connectivity index (χ4n) is 4.60. The van der Waals surface area contributed by atoms with Crippen LogP contribution in [0.5, 0.6) is 5.75 Å². The van der Waals surface area contributed by atoms with Gasteiger partial charge < -0.3 is 9.64 Å². The normalized spacial score (nSPS) is 29.7. The minimum absolute atomic E-state index is 0.250. The van der Waals surface area contributed by atoms with Crippen LogP contribution in [0.2, 0.25) is 0 Å². The number of pyridine rings is 1. The van der Waals surface area contributed by atoms with Gasteiger partial charge in [-0.2, -0.15) is 5.10 Å². The molecular weight excluding hydrogens is 324 g/mol. The van der Waals surface area contributed by atoms with E-state index in [1.54, 1.807) is 4.90 Å². The minimum atomic E-state index is -0.311. The van der Waals surface area contributed by atoms with E-state index in [9.17, 15) is 0 Å². The monoisotopic (exact) mass is 349 g/mol. The molecule has 5 heteroatoms. The average Bonchev–Trinajstić information content (AvgIpc) is 3.16. The second-order valence-corrected chi connectivity index (χ2v) is 7.52. The molecule has 1 aromatic heterocycles. The van der Waals surface area contributed by atoms with E-state index in [2.05, 4.69) is 47.2 Å². The fraction of sp³-hybridized carbons (Fsp3) is 0.429. The summed E-state index contributed by atoms with van der Waals surface area (Å²) in [4.78, 5) is 6.19. The highest BCUT2D eigenvalue weighted by molar-refractivity contribution is 6.00. The van der Waals surface area contributed by atoms with Gasteiger partial charge in [-0.05, 0) is 25.1 Å². The van der Waals surface area contributed by atoms with Crippen molar-refractivity contribution in [3.8, 4) is 5.75 Å². The summed E-state index contributed by atoms with van der Waals surface area (Å²) in [6, 6.07) is 14.8. The third-order valence-electron chi connectivity index (χ3n) is 6.10. The fourth-order valence-corrected chi connectivity index (χ4v) is 4.60. The van der Waals surface area contributed by atoms with Crippen LogP contribution in [0.1, 0.15) is 43.5 Å². The van der Waals surface area contributed by atoms with E-state index in [1.807, 2.05) is 18.3 Å². The summed E-state index contributed by atoms with van der Waals surface area (Å²) in [5.74, 6) is 1.03. The van der Waals surface area contributed by atoms with Crippen molar-refractivity contribution in [2.45, 2.75) is 38.0 Å². The van der Waals surface area contributed by atoms with Gasteiger partial charge in [0, 0.05) is 18.2 Å². The molecule has 5 nitrogen and oxygen atoms in total. The molecule has 1 aromatic carbocycles. The Hall–Kier alpha value is -2.40. The summed E-state index contributed by atoms with van der Waals surface area (Å²) < 4.78 is 6.64. The van der Waals surface area contributed by atoms with Gasteiger partial charge in [-0.3, -0.25) is 4.98 Å². The maximum atomic E-state index is 6.64. The van der Waals surface area contributed by atoms with Crippen LogP contribution >= 0.6 is 0 Å². The molecular formula is C21H25N4O+. The number of hydrogen-bond acceptors (Lipinski definition) is 4. The summed E-state index contributed by atoms with van der Waals surface area (Å²) >= 11 is 0. The van der Waals surface area contributed by atoms with E-state index < -0.39 is 0 Å². The summed E-state index contributed by atoms with van der Waals surface area (Å²) in [5.41, 5.74) is 2.98. The van der Waals surface area contributed by atoms with Crippen molar-refractivity contribution in [2.75, 3.05) is 19.6 Å². The molecule has 3 aliphatic heterocycles. The first-order chi connectivity index (χ1) is 12.8. The highest BCUT2D eigenvalue weighted by atomic mass is 16.5. The summed E-state index contributed by atoms with van der Waals surface area (Å²) in [6.45, 7) is 5.71. The van der Waals surface area contributed by atoms with Crippen molar-refractivity contribution in [3.05, 3.63) is 59.9 Å². The predicted octanol–water partition coefficient (Wildman–Crippen LogP) is 2.02. The lowest BCUT2D eigenvalue weighted by atomic mass is 9.91. The van der Waals surface area contributed by atoms with Crippen LogP contribution in [0.25, 0.3) is 0 Å². The van der Waals surface area contributed by atoms with Gasteiger partial charge in [-0.1, -0.05) is 24.3 Å². The quantitative estimate of drug-likeness (QED) is 0.902. The van der Waals surface area contributed by atoms with Gasteiger partial charge >= 0.3 is 0 Å².